The fourth-order valence-electron chi connectivity index (χ4n) is 6.65. The van der Waals surface area contributed by atoms with E-state index < -0.39 is 30.7 Å². The summed E-state index contributed by atoms with van der Waals surface area (Å²) in [7, 11) is 3.69. The summed E-state index contributed by atoms with van der Waals surface area (Å²) in [5, 5.41) is 28.9. The number of nitrogens with zero attached hydrogens (tertiary/aromatic N) is 9. The van der Waals surface area contributed by atoms with Gasteiger partial charge in [0.2, 0.25) is 0 Å². The fourth-order valence-corrected chi connectivity index (χ4v) is 8.51. The number of hydrogen-bond donors (Lipinski definition) is 1. The third-order valence-electron chi connectivity index (χ3n) is 8.47. The van der Waals surface area contributed by atoms with Crippen molar-refractivity contribution in [2.45, 2.75) is 89.2 Å². The van der Waals surface area contributed by atoms with Gasteiger partial charge in [-0.15, -0.1) is 11.3 Å². The predicted octanol–water partition coefficient (Wildman–Crippen LogP) is 6.65. The Bertz CT molecular complexity index is 1870. The Morgan fingerprint density at radius 3 is 2.32 bits per heavy atom. The molecule has 1 spiro atoms. The molecule has 0 aromatic carbocycles. The van der Waals surface area contributed by atoms with Crippen molar-refractivity contribution in [3.63, 3.8) is 0 Å². The third-order valence-corrected chi connectivity index (χ3v) is 10.6. The van der Waals surface area contributed by atoms with Crippen molar-refractivity contribution in [2.75, 3.05) is 55.1 Å². The van der Waals surface area contributed by atoms with Crippen LogP contribution in [0.5, 0.6) is 0 Å². The van der Waals surface area contributed by atoms with Crippen LogP contribution in [0.3, 0.4) is 0 Å². The summed E-state index contributed by atoms with van der Waals surface area (Å²) in [5.74, 6) is -2.73. The summed E-state index contributed by atoms with van der Waals surface area (Å²) in [5.41, 5.74) is 1.26. The number of alkyl halides is 2. The molecule has 3 aromatic rings. The van der Waals surface area contributed by atoms with Crippen LogP contribution in [-0.2, 0) is 36.2 Å². The van der Waals surface area contributed by atoms with Crippen LogP contribution in [-0.4, -0.2) is 82.3 Å². The number of nitrogens with one attached hydrogen (secondary N) is 1. The number of thiophene rings is 1. The minimum atomic E-state index is -3.19. The second-order valence-electron chi connectivity index (χ2n) is 13.6. The molecule has 0 unspecified atom stereocenters. The lowest BCUT2D eigenvalue weighted by Crippen LogP contribution is -2.59. The number of aromatic nitrogens is 4. The molecule has 1 saturated heterocycles. The summed E-state index contributed by atoms with van der Waals surface area (Å²) in [6.45, 7) is 9.26. The first-order chi connectivity index (χ1) is 23.6. The molecular weight excluding hydrogens is 706 g/mol. The normalized spacial score (nSPS) is 17.2. The van der Waals surface area contributed by atoms with Gasteiger partial charge in [0.05, 0.1) is 35.1 Å². The van der Waals surface area contributed by atoms with Gasteiger partial charge in [0.25, 0.3) is 5.92 Å². The zero-order valence-electron chi connectivity index (χ0n) is 29.4. The zero-order valence-corrected chi connectivity index (χ0v) is 31.8. The molecule has 3 aliphatic rings. The summed E-state index contributed by atoms with van der Waals surface area (Å²) >= 11 is 9.33. The van der Waals surface area contributed by atoms with Crippen molar-refractivity contribution < 1.29 is 18.3 Å². The van der Waals surface area contributed by atoms with Crippen molar-refractivity contribution in [1.29, 1.82) is 10.5 Å². The number of hydrogen-bond acceptors (Lipinski definition) is 12. The summed E-state index contributed by atoms with van der Waals surface area (Å²) in [4.78, 5) is 28.0. The average molecular weight is 747 g/mol. The molecule has 5 heterocycles. The Balaban J connectivity index is 0.00000239. The lowest BCUT2D eigenvalue weighted by atomic mass is 9.74. The van der Waals surface area contributed by atoms with Gasteiger partial charge in [-0.05, 0) is 59.5 Å². The first-order valence-electron chi connectivity index (χ1n) is 16.3. The number of amides is 1. The molecule has 0 bridgehead atoms. The minimum absolute atomic E-state index is 0.0189. The van der Waals surface area contributed by atoms with Crippen LogP contribution < -0.4 is 15.1 Å². The maximum atomic E-state index is 15.5. The van der Waals surface area contributed by atoms with Crippen molar-refractivity contribution >= 4 is 57.4 Å². The number of aryl methyl sites for hydroxylation is 1. The van der Waals surface area contributed by atoms with Gasteiger partial charge in [0.1, 0.15) is 34.8 Å². The average Bonchev–Trinajstić information content (AvgIpc) is 3.61. The Labute approximate surface area is 304 Å². The SMILES string of the molecule is CC.CSc1nc(N2Cc3c(Cl)c(CN(C)C)nn3CC(F)(F)C2)c(C#N)c(N2CC3(CCc4sc(NC(=O)OC(C)(C)C)c(C#N)c43)C2)n1. The van der Waals surface area contributed by atoms with E-state index in [0.717, 1.165) is 23.3 Å². The summed E-state index contributed by atoms with van der Waals surface area (Å²) in [6, 6.07) is 4.50. The van der Waals surface area contributed by atoms with Crippen molar-refractivity contribution in [1.82, 2.24) is 24.6 Å². The highest BCUT2D eigenvalue weighted by atomic mass is 35.5. The van der Waals surface area contributed by atoms with E-state index in [1.807, 2.05) is 37.7 Å². The van der Waals surface area contributed by atoms with E-state index in [1.54, 1.807) is 27.0 Å². The third kappa shape index (κ3) is 7.21. The molecule has 1 fully saturated rings. The number of halogens is 3. The van der Waals surface area contributed by atoms with Gasteiger partial charge >= 0.3 is 6.09 Å². The highest BCUT2D eigenvalue weighted by Crippen LogP contribution is 2.53. The first kappa shape index (κ1) is 37.6. The van der Waals surface area contributed by atoms with Gasteiger partial charge < -0.3 is 19.4 Å². The molecule has 12 nitrogen and oxygen atoms in total. The Morgan fingerprint density at radius 2 is 1.74 bits per heavy atom. The van der Waals surface area contributed by atoms with Crippen molar-refractivity contribution in [3.8, 4) is 12.1 Å². The second-order valence-corrected chi connectivity index (χ2v) is 15.9. The predicted molar refractivity (Wildman–Crippen MR) is 192 cm³/mol. The maximum Gasteiger partial charge on any atom is 0.412 e. The standard InChI is InChI=1S/C31H35ClF2N10O2S2.C2H6/c1-29(2,3)46-28(45)39-26-17(9-35)22-21(48-26)7-8-30(22)13-43(14-30)25-18(10-36)24(37-27(38-25)47-6)42-12-20-23(32)19(11-41(4)5)40-44(20)16-31(33,34)15-42;1-2/h7-8,11-16H2,1-6H3,(H,39,45);1-2H3. The molecule has 3 aromatic heterocycles. The molecule has 1 N–H and O–H groups in total. The number of carbonyl (C=O) groups is 1. The highest BCUT2D eigenvalue weighted by molar-refractivity contribution is 7.98. The zero-order chi connectivity index (χ0) is 36.8. The summed E-state index contributed by atoms with van der Waals surface area (Å²) in [6.07, 6.45) is 2.69. The molecule has 50 heavy (non-hydrogen) atoms. The number of anilines is 3. The number of fused-ring (bicyclic) bond motifs is 3. The van der Waals surface area contributed by atoms with Gasteiger partial charge in [-0.3, -0.25) is 10.00 Å². The number of ether oxygens (including phenoxy) is 1. The molecule has 268 valence electrons. The Hall–Kier alpha value is -3.70. The maximum absolute atomic E-state index is 15.5. The van der Waals surface area contributed by atoms with Crippen LogP contribution in [0.25, 0.3) is 0 Å². The van der Waals surface area contributed by atoms with E-state index >= 15 is 8.78 Å². The van der Waals surface area contributed by atoms with E-state index in [1.165, 1.54) is 32.7 Å². The van der Waals surface area contributed by atoms with Gasteiger partial charge in [0.15, 0.2) is 16.8 Å². The van der Waals surface area contributed by atoms with Gasteiger partial charge in [-0.25, -0.2) is 23.5 Å². The fraction of sp³-hybridized carbons (Fsp3) is 0.576. The first-order valence-corrected chi connectivity index (χ1v) is 18.7. The quantitative estimate of drug-likeness (QED) is 0.214. The second kappa shape index (κ2) is 14.1. The number of rotatable bonds is 6. The van der Waals surface area contributed by atoms with Crippen molar-refractivity contribution in [3.05, 3.63) is 38.0 Å². The van der Waals surface area contributed by atoms with E-state index in [0.29, 0.717) is 57.6 Å². The number of carbonyl (C=O) groups excluding carboxylic acids is 1. The van der Waals surface area contributed by atoms with E-state index in [9.17, 15) is 15.3 Å². The Kier molecular flexibility index (Phi) is 10.6. The van der Waals surface area contributed by atoms with Crippen LogP contribution in [0.2, 0.25) is 5.02 Å². The van der Waals surface area contributed by atoms with Gasteiger partial charge in [-0.1, -0.05) is 37.2 Å². The monoisotopic (exact) mass is 746 g/mol. The minimum Gasteiger partial charge on any atom is -0.444 e. The largest absolute Gasteiger partial charge is 0.444 e. The van der Waals surface area contributed by atoms with Crippen molar-refractivity contribution in [2.24, 2.45) is 0 Å². The lowest BCUT2D eigenvalue weighted by Gasteiger charge is -2.49. The van der Waals surface area contributed by atoms with Crippen LogP contribution in [0.15, 0.2) is 5.16 Å². The van der Waals surface area contributed by atoms with Crippen LogP contribution in [0, 0.1) is 22.7 Å². The highest BCUT2D eigenvalue weighted by Gasteiger charge is 2.53. The van der Waals surface area contributed by atoms with Crippen LogP contribution in [0.4, 0.5) is 30.2 Å². The molecule has 0 radical (unpaired) electrons. The molecule has 6 rings (SSSR count). The lowest BCUT2D eigenvalue weighted by molar-refractivity contribution is -0.00844. The summed E-state index contributed by atoms with van der Waals surface area (Å²) < 4.78 is 37.6. The molecule has 17 heteroatoms. The van der Waals surface area contributed by atoms with Gasteiger partial charge in [0, 0.05) is 29.9 Å². The van der Waals surface area contributed by atoms with E-state index in [4.69, 9.17) is 16.3 Å². The van der Waals surface area contributed by atoms with E-state index in [2.05, 4.69) is 32.5 Å². The van der Waals surface area contributed by atoms with E-state index in [-0.39, 0.29) is 23.3 Å². The molecule has 1 aliphatic carbocycles. The Morgan fingerprint density at radius 1 is 1.10 bits per heavy atom. The molecule has 2 aliphatic heterocycles. The van der Waals surface area contributed by atoms with Gasteiger partial charge in [-0.2, -0.15) is 15.6 Å². The smallest absolute Gasteiger partial charge is 0.412 e. The van der Waals surface area contributed by atoms with Crippen LogP contribution >= 0.6 is 34.7 Å². The number of thioether (sulfide) groups is 1. The molecule has 0 atom stereocenters. The molecule has 1 amide bonds. The molecule has 0 saturated carbocycles. The topological polar surface area (TPSA) is 139 Å². The molecular formula is C33H41ClF2N10O2S2. The van der Waals surface area contributed by atoms with Crippen LogP contribution in [0.1, 0.15) is 74.0 Å². The number of nitriles is 2.